The van der Waals surface area contributed by atoms with Crippen molar-refractivity contribution in [3.8, 4) is 6.07 Å². The minimum Gasteiger partial charge on any atom is -0.192 e. The van der Waals surface area contributed by atoms with Crippen molar-refractivity contribution in [3.63, 3.8) is 0 Å². The standard InChI is InChI=1S/C17H15NS/c1-12-10-15(12)14-8-5-9-17(16(14)11-18)19-13-6-3-2-4-7-13/h2-9,12,15H,10H2,1H3/t12?,15-/m0/s1. The zero-order chi connectivity index (χ0) is 13.2. The first-order chi connectivity index (χ1) is 9.29. The van der Waals surface area contributed by atoms with E-state index < -0.39 is 0 Å². The molecule has 2 atom stereocenters. The molecule has 0 aliphatic heterocycles. The van der Waals surface area contributed by atoms with E-state index in [1.54, 1.807) is 11.8 Å². The maximum Gasteiger partial charge on any atom is 0.101 e. The lowest BCUT2D eigenvalue weighted by atomic mass is 10.0. The molecule has 1 aliphatic carbocycles. The van der Waals surface area contributed by atoms with Crippen molar-refractivity contribution in [2.45, 2.75) is 29.1 Å². The summed E-state index contributed by atoms with van der Waals surface area (Å²) in [7, 11) is 0. The van der Waals surface area contributed by atoms with Crippen molar-refractivity contribution in [3.05, 3.63) is 59.7 Å². The zero-order valence-electron chi connectivity index (χ0n) is 10.8. The second kappa shape index (κ2) is 5.11. The largest absolute Gasteiger partial charge is 0.192 e. The summed E-state index contributed by atoms with van der Waals surface area (Å²) in [5, 5.41) is 9.48. The molecule has 0 bridgehead atoms. The number of hydrogen-bond donors (Lipinski definition) is 0. The quantitative estimate of drug-likeness (QED) is 0.793. The second-order valence-corrected chi connectivity index (χ2v) is 6.18. The molecule has 0 aromatic heterocycles. The minimum atomic E-state index is 0.589. The molecule has 1 fully saturated rings. The summed E-state index contributed by atoms with van der Waals surface area (Å²) in [6.45, 7) is 2.25. The molecule has 2 aromatic carbocycles. The van der Waals surface area contributed by atoms with Gasteiger partial charge in [-0.25, -0.2) is 0 Å². The van der Waals surface area contributed by atoms with Crippen molar-refractivity contribution in [1.82, 2.24) is 0 Å². The van der Waals surface area contributed by atoms with Crippen LogP contribution in [-0.4, -0.2) is 0 Å². The maximum absolute atomic E-state index is 9.48. The predicted molar refractivity (Wildman–Crippen MR) is 78.2 cm³/mol. The van der Waals surface area contributed by atoms with Gasteiger partial charge in [0.25, 0.3) is 0 Å². The van der Waals surface area contributed by atoms with E-state index in [4.69, 9.17) is 0 Å². The van der Waals surface area contributed by atoms with E-state index in [2.05, 4.69) is 37.3 Å². The Hall–Kier alpha value is -1.72. The van der Waals surface area contributed by atoms with Gasteiger partial charge in [-0.3, -0.25) is 0 Å². The maximum atomic E-state index is 9.48. The third kappa shape index (κ3) is 2.52. The van der Waals surface area contributed by atoms with Gasteiger partial charge in [-0.2, -0.15) is 5.26 Å². The lowest BCUT2D eigenvalue weighted by Gasteiger charge is -2.08. The predicted octanol–water partition coefficient (Wildman–Crippen LogP) is 4.83. The molecule has 94 valence electrons. The monoisotopic (exact) mass is 265 g/mol. The Morgan fingerprint density at radius 3 is 2.47 bits per heavy atom. The molecule has 2 heteroatoms. The fourth-order valence-electron chi connectivity index (χ4n) is 2.43. The summed E-state index contributed by atoms with van der Waals surface area (Å²) in [5.41, 5.74) is 2.10. The first-order valence-corrected chi connectivity index (χ1v) is 7.37. The number of nitriles is 1. The van der Waals surface area contributed by atoms with Gasteiger partial charge in [-0.1, -0.05) is 49.0 Å². The van der Waals surface area contributed by atoms with E-state index in [0.29, 0.717) is 5.92 Å². The Morgan fingerprint density at radius 1 is 1.11 bits per heavy atom. The van der Waals surface area contributed by atoms with Gasteiger partial charge in [0.1, 0.15) is 6.07 Å². The first kappa shape index (κ1) is 12.3. The van der Waals surface area contributed by atoms with Gasteiger partial charge in [-0.05, 0) is 42.0 Å². The summed E-state index contributed by atoms with van der Waals surface area (Å²) < 4.78 is 0. The minimum absolute atomic E-state index is 0.589. The van der Waals surface area contributed by atoms with E-state index in [9.17, 15) is 5.26 Å². The van der Waals surface area contributed by atoms with Crippen LogP contribution in [0, 0.1) is 17.2 Å². The smallest absolute Gasteiger partial charge is 0.101 e. The number of rotatable bonds is 3. The Bertz CT molecular complexity index is 627. The van der Waals surface area contributed by atoms with Crippen LogP contribution in [0.1, 0.15) is 30.4 Å². The van der Waals surface area contributed by atoms with Gasteiger partial charge < -0.3 is 0 Å². The second-order valence-electron chi connectivity index (χ2n) is 5.07. The first-order valence-electron chi connectivity index (χ1n) is 6.55. The van der Waals surface area contributed by atoms with Gasteiger partial charge in [0.2, 0.25) is 0 Å². The topological polar surface area (TPSA) is 23.8 Å². The summed E-state index contributed by atoms with van der Waals surface area (Å²) in [5.74, 6) is 1.31. The summed E-state index contributed by atoms with van der Waals surface area (Å²) in [4.78, 5) is 2.25. The number of nitrogens with zero attached hydrogens (tertiary/aromatic N) is 1. The Labute approximate surface area is 118 Å². The molecule has 3 rings (SSSR count). The van der Waals surface area contributed by atoms with Crippen molar-refractivity contribution < 1.29 is 0 Å². The molecule has 2 aromatic rings. The molecule has 1 aliphatic rings. The Morgan fingerprint density at radius 2 is 1.84 bits per heavy atom. The number of hydrogen-bond acceptors (Lipinski definition) is 2. The molecular formula is C17H15NS. The van der Waals surface area contributed by atoms with Crippen molar-refractivity contribution in [2.24, 2.45) is 5.92 Å². The van der Waals surface area contributed by atoms with Gasteiger partial charge in [0.15, 0.2) is 0 Å². The molecule has 0 amide bonds. The fourth-order valence-corrected chi connectivity index (χ4v) is 3.39. The average molecular weight is 265 g/mol. The highest BCUT2D eigenvalue weighted by Crippen LogP contribution is 2.49. The van der Waals surface area contributed by atoms with Crippen LogP contribution in [0.3, 0.4) is 0 Å². The zero-order valence-corrected chi connectivity index (χ0v) is 11.7. The van der Waals surface area contributed by atoms with Gasteiger partial charge in [-0.15, -0.1) is 0 Å². The molecule has 0 radical (unpaired) electrons. The van der Waals surface area contributed by atoms with Crippen LogP contribution in [0.2, 0.25) is 0 Å². The highest BCUT2D eigenvalue weighted by Gasteiger charge is 2.36. The fraction of sp³-hybridized carbons (Fsp3) is 0.235. The molecule has 1 saturated carbocycles. The summed E-state index contributed by atoms with van der Waals surface area (Å²) in [6, 6.07) is 18.9. The van der Waals surface area contributed by atoms with E-state index in [-0.39, 0.29) is 0 Å². The number of benzene rings is 2. The third-order valence-corrected chi connectivity index (χ3v) is 4.72. The van der Waals surface area contributed by atoms with Gasteiger partial charge >= 0.3 is 0 Å². The highest BCUT2D eigenvalue weighted by molar-refractivity contribution is 7.99. The summed E-state index contributed by atoms with van der Waals surface area (Å²) >= 11 is 1.68. The molecule has 19 heavy (non-hydrogen) atoms. The Kier molecular flexibility index (Phi) is 3.31. The molecule has 0 spiro atoms. The van der Waals surface area contributed by atoms with Crippen LogP contribution in [-0.2, 0) is 0 Å². The van der Waals surface area contributed by atoms with Crippen molar-refractivity contribution in [2.75, 3.05) is 0 Å². The van der Waals surface area contributed by atoms with Crippen LogP contribution in [0.5, 0.6) is 0 Å². The van der Waals surface area contributed by atoms with Crippen molar-refractivity contribution in [1.29, 1.82) is 5.26 Å². The van der Waals surface area contributed by atoms with Crippen LogP contribution >= 0.6 is 11.8 Å². The lowest BCUT2D eigenvalue weighted by Crippen LogP contribution is -1.91. The van der Waals surface area contributed by atoms with Crippen LogP contribution in [0.4, 0.5) is 0 Å². The molecule has 1 unspecified atom stereocenters. The molecule has 0 N–H and O–H groups in total. The SMILES string of the molecule is CC1C[C@@H]1c1cccc(Sc2ccccc2)c1C#N. The highest BCUT2D eigenvalue weighted by atomic mass is 32.2. The van der Waals surface area contributed by atoms with Gasteiger partial charge in [0.05, 0.1) is 5.56 Å². The van der Waals surface area contributed by atoms with Crippen molar-refractivity contribution >= 4 is 11.8 Å². The summed E-state index contributed by atoms with van der Waals surface area (Å²) in [6.07, 6.45) is 1.22. The molecule has 0 saturated heterocycles. The normalized spacial score (nSPS) is 20.8. The molecule has 1 nitrogen and oxygen atoms in total. The third-order valence-electron chi connectivity index (χ3n) is 3.65. The van der Waals surface area contributed by atoms with Crippen LogP contribution in [0.25, 0.3) is 0 Å². The average Bonchev–Trinajstić information content (AvgIpc) is 3.16. The lowest BCUT2D eigenvalue weighted by molar-refractivity contribution is 0.908. The molecule has 0 heterocycles. The van der Waals surface area contributed by atoms with E-state index >= 15 is 0 Å². The van der Waals surface area contributed by atoms with Gasteiger partial charge in [0, 0.05) is 9.79 Å². The van der Waals surface area contributed by atoms with Crippen LogP contribution in [0.15, 0.2) is 58.3 Å². The van der Waals surface area contributed by atoms with E-state index in [1.807, 2.05) is 24.3 Å². The molecular weight excluding hydrogens is 250 g/mol. The van der Waals surface area contributed by atoms with Crippen LogP contribution < -0.4 is 0 Å². The van der Waals surface area contributed by atoms with E-state index in [0.717, 1.165) is 16.4 Å². The van der Waals surface area contributed by atoms with E-state index in [1.165, 1.54) is 16.9 Å². The Balaban J connectivity index is 1.96.